The first kappa shape index (κ1) is 21.4. The van der Waals surface area contributed by atoms with Crippen LogP contribution in [0.5, 0.6) is 0 Å². The maximum Gasteiger partial charge on any atom is 0.416 e. The van der Waals surface area contributed by atoms with E-state index in [9.17, 15) is 28.0 Å². The number of hydrogen-bond acceptors (Lipinski definition) is 3. The molecule has 0 aliphatic rings. The Bertz CT molecular complexity index is 1220. The number of aromatic carboxylic acids is 1. The molecule has 1 heterocycles. The molecule has 0 spiro atoms. The second-order valence-electron chi connectivity index (χ2n) is 6.36. The predicted octanol–water partition coefficient (Wildman–Crippen LogP) is 4.74. The van der Waals surface area contributed by atoms with Crippen molar-refractivity contribution in [1.29, 1.82) is 5.26 Å². The molecular weight excluding hydrogens is 411 g/mol. The highest BCUT2D eigenvalue weighted by Gasteiger charge is 2.30. The topological polar surface area (TPSA) is 95.1 Å². The molecule has 6 nitrogen and oxygen atoms in total. The van der Waals surface area contributed by atoms with E-state index in [1.165, 1.54) is 59.3 Å². The summed E-state index contributed by atoms with van der Waals surface area (Å²) in [4.78, 5) is 23.5. The van der Waals surface area contributed by atoms with E-state index in [0.29, 0.717) is 5.69 Å². The maximum absolute atomic E-state index is 13.0. The quantitative estimate of drug-likeness (QED) is 0.456. The number of carbonyl (C=O) groups excluding carboxylic acids is 1. The number of carbonyl (C=O) groups is 2. The molecule has 2 N–H and O–H groups in total. The van der Waals surface area contributed by atoms with Crippen molar-refractivity contribution in [2.24, 2.45) is 0 Å². The number of nitrogens with zero attached hydrogens (tertiary/aromatic N) is 2. The third-order valence-corrected chi connectivity index (χ3v) is 4.26. The number of rotatable bonds is 5. The standard InChI is InChI=1S/C22H14F3N3O3/c23-22(24,25)16-5-2-7-19(12-16)28-9-3-8-18(28)11-15(13-26)20(29)27-17-6-1-4-14(10-17)21(30)31/h1-12H,(H,27,29)(H,30,31)/b15-11-. The molecule has 0 fully saturated rings. The number of benzene rings is 2. The molecule has 31 heavy (non-hydrogen) atoms. The van der Waals surface area contributed by atoms with Crippen LogP contribution in [0.3, 0.4) is 0 Å². The minimum absolute atomic E-state index is 0.0429. The zero-order valence-electron chi connectivity index (χ0n) is 15.7. The van der Waals surface area contributed by atoms with Crippen molar-refractivity contribution in [1.82, 2.24) is 4.57 Å². The fraction of sp³-hybridized carbons (Fsp3) is 0.0455. The van der Waals surface area contributed by atoms with Crippen LogP contribution in [0.1, 0.15) is 21.6 Å². The number of carboxylic acid groups (broad SMARTS) is 1. The molecule has 0 radical (unpaired) electrons. The van der Waals surface area contributed by atoms with Gasteiger partial charge in [0, 0.05) is 23.3 Å². The van der Waals surface area contributed by atoms with Gasteiger partial charge in [-0.1, -0.05) is 12.1 Å². The van der Waals surface area contributed by atoms with Crippen LogP contribution in [0, 0.1) is 11.3 Å². The van der Waals surface area contributed by atoms with Gasteiger partial charge >= 0.3 is 12.1 Å². The van der Waals surface area contributed by atoms with Gasteiger partial charge in [0.2, 0.25) is 0 Å². The Labute approximate surface area is 174 Å². The number of nitrogens with one attached hydrogen (secondary N) is 1. The van der Waals surface area contributed by atoms with Crippen LogP contribution in [0.15, 0.2) is 72.4 Å². The Kier molecular flexibility index (Phi) is 5.93. The van der Waals surface area contributed by atoms with E-state index in [2.05, 4.69) is 5.32 Å². The molecule has 3 rings (SSSR count). The van der Waals surface area contributed by atoms with Gasteiger partial charge in [-0.15, -0.1) is 0 Å². The number of anilines is 1. The van der Waals surface area contributed by atoms with E-state index in [1.807, 2.05) is 0 Å². The fourth-order valence-electron chi connectivity index (χ4n) is 2.80. The Morgan fingerprint density at radius 1 is 1.06 bits per heavy atom. The minimum Gasteiger partial charge on any atom is -0.478 e. The van der Waals surface area contributed by atoms with Crippen molar-refractivity contribution in [3.8, 4) is 11.8 Å². The van der Waals surface area contributed by atoms with Crippen LogP contribution in [-0.4, -0.2) is 21.6 Å². The summed E-state index contributed by atoms with van der Waals surface area (Å²) in [5.74, 6) is -1.96. The number of hydrogen-bond donors (Lipinski definition) is 2. The molecule has 0 bridgehead atoms. The smallest absolute Gasteiger partial charge is 0.416 e. The number of aromatic nitrogens is 1. The largest absolute Gasteiger partial charge is 0.478 e. The molecule has 1 aromatic heterocycles. The van der Waals surface area contributed by atoms with Gasteiger partial charge in [0.15, 0.2) is 0 Å². The van der Waals surface area contributed by atoms with Crippen LogP contribution in [-0.2, 0) is 11.0 Å². The van der Waals surface area contributed by atoms with Crippen LogP contribution in [0.25, 0.3) is 11.8 Å². The lowest BCUT2D eigenvalue weighted by molar-refractivity contribution is -0.137. The average molecular weight is 425 g/mol. The number of halogens is 3. The number of amides is 1. The lowest BCUT2D eigenvalue weighted by Crippen LogP contribution is -2.14. The summed E-state index contributed by atoms with van der Waals surface area (Å²) in [6.07, 6.45) is -1.78. The van der Waals surface area contributed by atoms with E-state index < -0.39 is 23.6 Å². The van der Waals surface area contributed by atoms with Crippen molar-refractivity contribution >= 4 is 23.6 Å². The van der Waals surface area contributed by atoms with Gasteiger partial charge in [-0.2, -0.15) is 18.4 Å². The molecule has 0 unspecified atom stereocenters. The normalized spacial score (nSPS) is 11.6. The second kappa shape index (κ2) is 8.59. The number of carboxylic acids is 1. The Morgan fingerprint density at radius 3 is 2.48 bits per heavy atom. The van der Waals surface area contributed by atoms with Crippen LogP contribution in [0.2, 0.25) is 0 Å². The summed E-state index contributed by atoms with van der Waals surface area (Å²) in [6.45, 7) is 0. The molecule has 3 aromatic rings. The summed E-state index contributed by atoms with van der Waals surface area (Å²) in [6, 6.07) is 15.0. The van der Waals surface area contributed by atoms with E-state index in [1.54, 1.807) is 12.1 Å². The monoisotopic (exact) mass is 425 g/mol. The Balaban J connectivity index is 1.90. The molecule has 1 amide bonds. The van der Waals surface area contributed by atoms with Gasteiger partial charge in [0.25, 0.3) is 5.91 Å². The Hall–Kier alpha value is -4.32. The molecule has 9 heteroatoms. The molecule has 0 aliphatic heterocycles. The van der Waals surface area contributed by atoms with Gasteiger partial charge in [0.1, 0.15) is 11.6 Å². The van der Waals surface area contributed by atoms with Crippen molar-refractivity contribution in [2.75, 3.05) is 5.32 Å². The van der Waals surface area contributed by atoms with Crippen molar-refractivity contribution in [3.05, 3.63) is 89.3 Å². The zero-order valence-corrected chi connectivity index (χ0v) is 15.7. The fourth-order valence-corrected chi connectivity index (χ4v) is 2.80. The highest BCUT2D eigenvalue weighted by Crippen LogP contribution is 2.30. The summed E-state index contributed by atoms with van der Waals surface area (Å²) in [7, 11) is 0. The van der Waals surface area contributed by atoms with E-state index in [0.717, 1.165) is 12.1 Å². The number of nitriles is 1. The van der Waals surface area contributed by atoms with Crippen molar-refractivity contribution in [3.63, 3.8) is 0 Å². The van der Waals surface area contributed by atoms with Gasteiger partial charge in [-0.3, -0.25) is 4.79 Å². The summed E-state index contributed by atoms with van der Waals surface area (Å²) in [5, 5.41) is 20.9. The first-order chi connectivity index (χ1) is 14.7. The van der Waals surface area contributed by atoms with E-state index in [4.69, 9.17) is 5.11 Å². The lowest BCUT2D eigenvalue weighted by atomic mass is 10.1. The van der Waals surface area contributed by atoms with E-state index in [-0.39, 0.29) is 22.5 Å². The lowest BCUT2D eigenvalue weighted by Gasteiger charge is -2.11. The molecule has 156 valence electrons. The molecule has 0 saturated carbocycles. The van der Waals surface area contributed by atoms with Gasteiger partial charge in [-0.25, -0.2) is 4.79 Å². The molecular formula is C22H14F3N3O3. The van der Waals surface area contributed by atoms with Crippen molar-refractivity contribution in [2.45, 2.75) is 6.18 Å². The van der Waals surface area contributed by atoms with Gasteiger partial charge < -0.3 is 15.0 Å². The van der Waals surface area contributed by atoms with Crippen LogP contribution >= 0.6 is 0 Å². The molecule has 0 atom stereocenters. The van der Waals surface area contributed by atoms with Crippen LogP contribution in [0.4, 0.5) is 18.9 Å². The van der Waals surface area contributed by atoms with Gasteiger partial charge in [-0.05, 0) is 54.6 Å². The highest BCUT2D eigenvalue weighted by molar-refractivity contribution is 6.09. The molecule has 0 aliphatic carbocycles. The minimum atomic E-state index is -4.51. The predicted molar refractivity (Wildman–Crippen MR) is 106 cm³/mol. The third kappa shape index (κ3) is 5.00. The summed E-state index contributed by atoms with van der Waals surface area (Å²) in [5.41, 5.74) is -0.487. The Morgan fingerprint density at radius 2 is 1.81 bits per heavy atom. The summed E-state index contributed by atoms with van der Waals surface area (Å²) < 4.78 is 40.4. The van der Waals surface area contributed by atoms with Crippen LogP contribution < -0.4 is 5.32 Å². The average Bonchev–Trinajstić information content (AvgIpc) is 3.19. The first-order valence-electron chi connectivity index (χ1n) is 8.80. The number of alkyl halides is 3. The second-order valence-corrected chi connectivity index (χ2v) is 6.36. The SMILES string of the molecule is N#C/C(=C/c1cccn1-c1cccc(C(F)(F)F)c1)C(=O)Nc1cccc(C(=O)O)c1. The third-order valence-electron chi connectivity index (χ3n) is 4.26. The van der Waals surface area contributed by atoms with Gasteiger partial charge in [0.05, 0.1) is 11.1 Å². The zero-order chi connectivity index (χ0) is 22.6. The van der Waals surface area contributed by atoms with E-state index >= 15 is 0 Å². The first-order valence-corrected chi connectivity index (χ1v) is 8.80. The molecule has 2 aromatic carbocycles. The maximum atomic E-state index is 13.0. The van der Waals surface area contributed by atoms with Crippen molar-refractivity contribution < 1.29 is 27.9 Å². The highest BCUT2D eigenvalue weighted by atomic mass is 19.4. The molecule has 0 saturated heterocycles. The summed E-state index contributed by atoms with van der Waals surface area (Å²) >= 11 is 0.